The summed E-state index contributed by atoms with van der Waals surface area (Å²) < 4.78 is 4.87. The van der Waals surface area contributed by atoms with E-state index < -0.39 is 12.1 Å². The Morgan fingerprint density at radius 1 is 1.40 bits per heavy atom. The third-order valence-electron chi connectivity index (χ3n) is 3.01. The van der Waals surface area contributed by atoms with Gasteiger partial charge in [-0.15, -0.1) is 0 Å². The lowest BCUT2D eigenvalue weighted by molar-refractivity contribution is -0.148. The lowest BCUT2D eigenvalue weighted by Gasteiger charge is -2.18. The zero-order valence-electron chi connectivity index (χ0n) is 9.37. The van der Waals surface area contributed by atoms with Gasteiger partial charge >= 0.3 is 5.97 Å². The molecular formula is C11H21NO3. The first-order valence-electron chi connectivity index (χ1n) is 5.73. The van der Waals surface area contributed by atoms with Crippen molar-refractivity contribution in [1.29, 1.82) is 0 Å². The summed E-state index contributed by atoms with van der Waals surface area (Å²) in [5.41, 5.74) is 0. The Morgan fingerprint density at radius 2 is 2.00 bits per heavy atom. The molecule has 0 aliphatic heterocycles. The van der Waals surface area contributed by atoms with Crippen molar-refractivity contribution < 1.29 is 14.6 Å². The summed E-state index contributed by atoms with van der Waals surface area (Å²) in [6.07, 6.45) is 6.74. The highest BCUT2D eigenvalue weighted by Gasteiger charge is 2.18. The van der Waals surface area contributed by atoms with Gasteiger partial charge in [0, 0.05) is 19.7 Å². The molecule has 1 fully saturated rings. The van der Waals surface area contributed by atoms with E-state index in [2.05, 4.69) is 5.32 Å². The largest absolute Gasteiger partial charge is 0.479 e. The van der Waals surface area contributed by atoms with Gasteiger partial charge in [0.1, 0.15) is 0 Å². The number of aliphatic carboxylic acids is 1. The predicted octanol–water partition coefficient (Wildman–Crippen LogP) is 1.40. The van der Waals surface area contributed by atoms with Crippen LogP contribution in [0.2, 0.25) is 0 Å². The normalized spacial score (nSPS) is 20.9. The summed E-state index contributed by atoms with van der Waals surface area (Å²) >= 11 is 0. The quantitative estimate of drug-likeness (QED) is 0.681. The van der Waals surface area contributed by atoms with Gasteiger partial charge in [0.25, 0.3) is 0 Å². The van der Waals surface area contributed by atoms with Crippen LogP contribution >= 0.6 is 0 Å². The maximum atomic E-state index is 10.7. The molecule has 0 amide bonds. The van der Waals surface area contributed by atoms with Crippen LogP contribution in [0.3, 0.4) is 0 Å². The topological polar surface area (TPSA) is 58.6 Å². The molecular weight excluding hydrogens is 194 g/mol. The maximum Gasteiger partial charge on any atom is 0.334 e. The van der Waals surface area contributed by atoms with Crippen molar-refractivity contribution in [2.24, 2.45) is 0 Å². The van der Waals surface area contributed by atoms with Crippen LogP contribution in [-0.4, -0.2) is 36.9 Å². The first-order valence-corrected chi connectivity index (χ1v) is 5.73. The van der Waals surface area contributed by atoms with Gasteiger partial charge in [-0.25, -0.2) is 4.79 Å². The molecule has 1 aliphatic carbocycles. The van der Waals surface area contributed by atoms with Crippen molar-refractivity contribution in [3.8, 4) is 0 Å². The Labute approximate surface area is 91.0 Å². The maximum absolute atomic E-state index is 10.7. The van der Waals surface area contributed by atoms with E-state index in [1.54, 1.807) is 0 Å². The van der Waals surface area contributed by atoms with E-state index in [-0.39, 0.29) is 0 Å². The molecule has 0 spiro atoms. The van der Waals surface area contributed by atoms with Crippen molar-refractivity contribution in [1.82, 2.24) is 5.32 Å². The van der Waals surface area contributed by atoms with Gasteiger partial charge in [0.05, 0.1) is 0 Å². The van der Waals surface area contributed by atoms with Crippen molar-refractivity contribution in [3.63, 3.8) is 0 Å². The van der Waals surface area contributed by atoms with E-state index >= 15 is 0 Å². The Kier molecular flexibility index (Phi) is 5.65. The number of ether oxygens (including phenoxy) is 1. The molecule has 4 nitrogen and oxygen atoms in total. The van der Waals surface area contributed by atoms with Crippen LogP contribution in [0.5, 0.6) is 0 Å². The van der Waals surface area contributed by atoms with Gasteiger partial charge in [-0.1, -0.05) is 25.7 Å². The molecule has 0 saturated heterocycles. The monoisotopic (exact) mass is 215 g/mol. The lowest BCUT2D eigenvalue weighted by atomic mass is 10.1. The van der Waals surface area contributed by atoms with Gasteiger partial charge < -0.3 is 15.2 Å². The molecule has 0 aromatic heterocycles. The highest BCUT2D eigenvalue weighted by atomic mass is 16.5. The summed E-state index contributed by atoms with van der Waals surface area (Å²) in [4.78, 5) is 10.7. The van der Waals surface area contributed by atoms with Crippen LogP contribution in [0.1, 0.15) is 38.5 Å². The Bertz CT molecular complexity index is 188. The zero-order valence-corrected chi connectivity index (χ0v) is 9.37. The van der Waals surface area contributed by atoms with Crippen molar-refractivity contribution in [2.45, 2.75) is 50.7 Å². The van der Waals surface area contributed by atoms with Crippen LogP contribution in [0.15, 0.2) is 0 Å². The second-order valence-corrected chi connectivity index (χ2v) is 4.16. The third-order valence-corrected chi connectivity index (χ3v) is 3.01. The smallest absolute Gasteiger partial charge is 0.334 e. The van der Waals surface area contributed by atoms with Crippen molar-refractivity contribution in [2.75, 3.05) is 13.7 Å². The van der Waals surface area contributed by atoms with Gasteiger partial charge in [0.2, 0.25) is 0 Å². The number of hydrogen-bond donors (Lipinski definition) is 2. The van der Waals surface area contributed by atoms with E-state index in [4.69, 9.17) is 9.84 Å². The Hall–Kier alpha value is -0.610. The number of hydrogen-bond acceptors (Lipinski definition) is 3. The summed E-state index contributed by atoms with van der Waals surface area (Å²) in [6.45, 7) is 0.413. The van der Waals surface area contributed by atoms with Crippen molar-refractivity contribution in [3.05, 3.63) is 0 Å². The molecule has 1 saturated carbocycles. The first kappa shape index (κ1) is 12.5. The van der Waals surface area contributed by atoms with E-state index in [0.717, 1.165) is 12.8 Å². The number of rotatable bonds is 5. The molecule has 1 atom stereocenters. The highest BCUT2D eigenvalue weighted by Crippen LogP contribution is 2.17. The van der Waals surface area contributed by atoms with Gasteiger partial charge in [-0.3, -0.25) is 0 Å². The van der Waals surface area contributed by atoms with E-state index in [1.165, 1.54) is 32.8 Å². The number of carboxylic acid groups (broad SMARTS) is 1. The molecule has 0 bridgehead atoms. The van der Waals surface area contributed by atoms with E-state index in [1.807, 2.05) is 0 Å². The molecule has 2 N–H and O–H groups in total. The average molecular weight is 215 g/mol. The fourth-order valence-electron chi connectivity index (χ4n) is 2.03. The SMILES string of the molecule is COC(CNC1CCCCCC1)C(=O)O. The molecule has 88 valence electrons. The molecule has 0 aromatic carbocycles. The van der Waals surface area contributed by atoms with Crippen LogP contribution in [0.4, 0.5) is 0 Å². The first-order chi connectivity index (χ1) is 7.24. The summed E-state index contributed by atoms with van der Waals surface area (Å²) in [6, 6.07) is 0.476. The van der Waals surface area contributed by atoms with Gasteiger partial charge in [0.15, 0.2) is 6.10 Å². The molecule has 0 aromatic rings. The highest BCUT2D eigenvalue weighted by molar-refractivity contribution is 5.72. The molecule has 1 aliphatic rings. The molecule has 1 unspecified atom stereocenters. The lowest BCUT2D eigenvalue weighted by Crippen LogP contribution is -2.39. The average Bonchev–Trinajstić information content (AvgIpc) is 2.46. The molecule has 4 heteroatoms. The van der Waals surface area contributed by atoms with E-state index in [0.29, 0.717) is 12.6 Å². The zero-order chi connectivity index (χ0) is 11.1. The van der Waals surface area contributed by atoms with Crippen LogP contribution in [-0.2, 0) is 9.53 Å². The second-order valence-electron chi connectivity index (χ2n) is 4.16. The van der Waals surface area contributed by atoms with Crippen molar-refractivity contribution >= 4 is 5.97 Å². The van der Waals surface area contributed by atoms with Gasteiger partial charge in [-0.05, 0) is 12.8 Å². The fraction of sp³-hybridized carbons (Fsp3) is 0.909. The summed E-state index contributed by atoms with van der Waals surface area (Å²) in [5.74, 6) is -0.890. The Balaban J connectivity index is 2.24. The van der Waals surface area contributed by atoms with Crippen LogP contribution < -0.4 is 5.32 Å². The molecule has 15 heavy (non-hydrogen) atoms. The van der Waals surface area contributed by atoms with Gasteiger partial charge in [-0.2, -0.15) is 0 Å². The molecule has 1 rings (SSSR count). The minimum Gasteiger partial charge on any atom is -0.479 e. The number of carbonyl (C=O) groups is 1. The summed E-state index contributed by atoms with van der Waals surface area (Å²) in [5, 5.41) is 12.1. The molecule has 0 radical (unpaired) electrons. The van der Waals surface area contributed by atoms with Crippen LogP contribution in [0, 0.1) is 0 Å². The Morgan fingerprint density at radius 3 is 2.47 bits per heavy atom. The number of methoxy groups -OCH3 is 1. The fourth-order valence-corrected chi connectivity index (χ4v) is 2.03. The number of nitrogens with one attached hydrogen (secondary N) is 1. The second kappa shape index (κ2) is 6.80. The minimum absolute atomic E-state index is 0.413. The predicted molar refractivity (Wildman–Crippen MR) is 57.9 cm³/mol. The number of carboxylic acids is 1. The standard InChI is InChI=1S/C11H21NO3/c1-15-10(11(13)14)8-12-9-6-4-2-3-5-7-9/h9-10,12H,2-8H2,1H3,(H,13,14). The van der Waals surface area contributed by atoms with E-state index in [9.17, 15) is 4.79 Å². The minimum atomic E-state index is -0.890. The van der Waals surface area contributed by atoms with Crippen LogP contribution in [0.25, 0.3) is 0 Å². The summed E-state index contributed by atoms with van der Waals surface area (Å²) in [7, 11) is 1.44. The molecule has 0 heterocycles. The third kappa shape index (κ3) is 4.62.